The lowest BCUT2D eigenvalue weighted by Gasteiger charge is -2.70. The van der Waals surface area contributed by atoms with Crippen LogP contribution in [0.1, 0.15) is 19.3 Å². The predicted molar refractivity (Wildman–Crippen MR) is 135 cm³/mol. The van der Waals surface area contributed by atoms with E-state index in [1.54, 1.807) is 0 Å². The molecule has 12 heteroatoms. The third kappa shape index (κ3) is 8.26. The van der Waals surface area contributed by atoms with Gasteiger partial charge in [-0.1, -0.05) is 0 Å². The molecule has 0 N–H and O–H groups in total. The Morgan fingerprint density at radius 3 is 1.08 bits per heavy atom. The van der Waals surface area contributed by atoms with E-state index in [1.165, 1.54) is 24.3 Å². The van der Waals surface area contributed by atoms with Gasteiger partial charge in [0.2, 0.25) is 0 Å². The Morgan fingerprint density at radius 1 is 0.462 bits per heavy atom. The van der Waals surface area contributed by atoms with Crippen molar-refractivity contribution >= 4 is 23.6 Å². The van der Waals surface area contributed by atoms with Crippen LogP contribution in [-0.2, 0) is 47.6 Å². The van der Waals surface area contributed by atoms with Crippen molar-refractivity contribution in [3.8, 4) is 0 Å². The summed E-state index contributed by atoms with van der Waals surface area (Å²) in [7, 11) is 0. The summed E-state index contributed by atoms with van der Waals surface area (Å²) in [6, 6.07) is 0. The predicted octanol–water partition coefficient (Wildman–Crippen LogP) is 0.106. The van der Waals surface area contributed by atoms with Gasteiger partial charge < -0.3 is 28.4 Å². The van der Waals surface area contributed by atoms with E-state index >= 15 is 0 Å². The fourth-order valence-electron chi connectivity index (χ4n) is 5.61. The summed E-state index contributed by atoms with van der Waals surface area (Å²) < 4.78 is 33.5. The first-order valence-electron chi connectivity index (χ1n) is 13.5. The van der Waals surface area contributed by atoms with Gasteiger partial charge in [-0.15, -0.1) is 0 Å². The van der Waals surface area contributed by atoms with E-state index in [1.807, 2.05) is 0 Å². The zero-order chi connectivity index (χ0) is 27.6. The first-order chi connectivity index (χ1) is 18.9. The van der Waals surface area contributed by atoms with Crippen LogP contribution in [0.5, 0.6) is 0 Å². The lowest BCUT2D eigenvalue weighted by atomic mass is 9.35. The minimum atomic E-state index is -0.299. The molecule has 216 valence electrons. The van der Waals surface area contributed by atoms with E-state index in [0.29, 0.717) is 76.9 Å². The number of imide groups is 2. The Bertz CT molecular complexity index is 821. The van der Waals surface area contributed by atoms with Gasteiger partial charge in [0.1, 0.15) is 0 Å². The molecule has 0 unspecified atom stereocenters. The zero-order valence-corrected chi connectivity index (χ0v) is 22.3. The molecule has 12 nitrogen and oxygen atoms in total. The van der Waals surface area contributed by atoms with E-state index in [-0.39, 0.29) is 36.7 Å². The molecule has 2 aliphatic heterocycles. The molecule has 0 saturated heterocycles. The molecular weight excluding hydrogens is 512 g/mol. The first kappa shape index (κ1) is 29.5. The number of hydrogen-bond donors (Lipinski definition) is 0. The number of ether oxygens (including phenoxy) is 6. The maximum atomic E-state index is 11.4. The molecule has 2 bridgehead atoms. The molecule has 4 amide bonds. The minimum absolute atomic E-state index is 0.250. The van der Waals surface area contributed by atoms with E-state index < -0.39 is 0 Å². The molecule has 5 aliphatic rings. The Hall–Kier alpha value is -2.48. The molecule has 0 aromatic rings. The molecule has 0 atom stereocenters. The molecule has 0 radical (unpaired) electrons. The largest absolute Gasteiger partial charge is 0.378 e. The summed E-state index contributed by atoms with van der Waals surface area (Å²) in [4.78, 5) is 48.0. The van der Waals surface area contributed by atoms with Crippen molar-refractivity contribution in [2.45, 2.75) is 19.3 Å². The first-order valence-corrected chi connectivity index (χ1v) is 13.5. The molecule has 3 aliphatic carbocycles. The second-order valence-corrected chi connectivity index (χ2v) is 10.4. The highest BCUT2D eigenvalue weighted by Crippen LogP contribution is 2.73. The quantitative estimate of drug-likeness (QED) is 0.135. The van der Waals surface area contributed by atoms with Crippen molar-refractivity contribution in [2.24, 2.45) is 10.8 Å². The fourth-order valence-corrected chi connectivity index (χ4v) is 5.61. The third-order valence-corrected chi connectivity index (χ3v) is 7.27. The highest BCUT2D eigenvalue weighted by Gasteiger charge is 2.67. The maximum Gasteiger partial charge on any atom is 0.253 e. The summed E-state index contributed by atoms with van der Waals surface area (Å²) in [5.74, 6) is -1.19. The summed E-state index contributed by atoms with van der Waals surface area (Å²) in [6.07, 6.45) is 8.46. The second-order valence-electron chi connectivity index (χ2n) is 10.4. The van der Waals surface area contributed by atoms with E-state index in [4.69, 9.17) is 28.4 Å². The summed E-state index contributed by atoms with van der Waals surface area (Å²) in [5, 5.41) is 0. The fraction of sp³-hybridized carbons (Fsp3) is 0.704. The van der Waals surface area contributed by atoms with E-state index in [2.05, 4.69) is 0 Å². The Labute approximate surface area is 228 Å². The highest BCUT2D eigenvalue weighted by atomic mass is 16.5. The molecule has 2 heterocycles. The van der Waals surface area contributed by atoms with Gasteiger partial charge in [0.05, 0.1) is 92.4 Å². The van der Waals surface area contributed by atoms with E-state index in [0.717, 1.165) is 42.3 Å². The van der Waals surface area contributed by atoms with Crippen LogP contribution >= 0.6 is 0 Å². The number of rotatable bonds is 22. The van der Waals surface area contributed by atoms with Crippen molar-refractivity contribution in [1.29, 1.82) is 0 Å². The smallest absolute Gasteiger partial charge is 0.253 e. The van der Waals surface area contributed by atoms with Crippen LogP contribution in [-0.4, -0.2) is 126 Å². The highest BCUT2D eigenvalue weighted by molar-refractivity contribution is 6.13. The van der Waals surface area contributed by atoms with Crippen molar-refractivity contribution in [2.75, 3.05) is 92.4 Å². The van der Waals surface area contributed by atoms with Gasteiger partial charge in [-0.05, 0) is 30.1 Å². The SMILES string of the molecule is O=C1C=CC(=O)N1CCOCCOCCOCC12CC(COCCOCCOCCN3C(=O)C=CC3=O)(C1)C2. The average Bonchev–Trinajstić information content (AvgIpc) is 3.37. The van der Waals surface area contributed by atoms with Crippen LogP contribution in [0, 0.1) is 10.8 Å². The molecule has 0 aromatic carbocycles. The molecular formula is C27H38N2O10. The topological polar surface area (TPSA) is 130 Å². The minimum Gasteiger partial charge on any atom is -0.378 e. The van der Waals surface area contributed by atoms with Crippen molar-refractivity contribution < 1.29 is 47.6 Å². The van der Waals surface area contributed by atoms with Gasteiger partial charge in [0, 0.05) is 24.3 Å². The molecule has 3 fully saturated rings. The third-order valence-electron chi connectivity index (χ3n) is 7.27. The Kier molecular flexibility index (Phi) is 10.8. The lowest BCUT2D eigenvalue weighted by molar-refractivity contribution is -0.254. The normalized spacial score (nSPS) is 25.2. The molecule has 0 spiro atoms. The van der Waals surface area contributed by atoms with Crippen LogP contribution in [0.4, 0.5) is 0 Å². The lowest BCUT2D eigenvalue weighted by Crippen LogP contribution is -2.65. The van der Waals surface area contributed by atoms with Crippen LogP contribution in [0.3, 0.4) is 0 Å². The number of hydrogen-bond acceptors (Lipinski definition) is 10. The van der Waals surface area contributed by atoms with Gasteiger partial charge in [-0.25, -0.2) is 0 Å². The van der Waals surface area contributed by atoms with Crippen LogP contribution in [0.15, 0.2) is 24.3 Å². The van der Waals surface area contributed by atoms with E-state index in [9.17, 15) is 19.2 Å². The van der Waals surface area contributed by atoms with Gasteiger partial charge in [0.15, 0.2) is 0 Å². The summed E-state index contributed by atoms with van der Waals surface area (Å²) in [5.41, 5.74) is 0.611. The number of carbonyl (C=O) groups is 4. The van der Waals surface area contributed by atoms with Crippen molar-refractivity contribution in [3.63, 3.8) is 0 Å². The number of nitrogens with zero attached hydrogens (tertiary/aromatic N) is 2. The monoisotopic (exact) mass is 550 g/mol. The number of carbonyl (C=O) groups excluding carboxylic acids is 4. The zero-order valence-electron chi connectivity index (χ0n) is 22.3. The summed E-state index contributed by atoms with van der Waals surface area (Å²) in [6.45, 7) is 6.35. The van der Waals surface area contributed by atoms with Crippen molar-refractivity contribution in [1.82, 2.24) is 9.80 Å². The molecule has 0 aromatic heterocycles. The van der Waals surface area contributed by atoms with Crippen LogP contribution in [0.25, 0.3) is 0 Å². The summed E-state index contributed by atoms with van der Waals surface area (Å²) >= 11 is 0. The Morgan fingerprint density at radius 2 is 0.744 bits per heavy atom. The maximum absolute atomic E-state index is 11.4. The van der Waals surface area contributed by atoms with Gasteiger partial charge in [0.25, 0.3) is 23.6 Å². The van der Waals surface area contributed by atoms with Crippen LogP contribution < -0.4 is 0 Å². The molecule has 39 heavy (non-hydrogen) atoms. The Balaban J connectivity index is 0.870. The average molecular weight is 551 g/mol. The van der Waals surface area contributed by atoms with Crippen LogP contribution in [0.2, 0.25) is 0 Å². The second kappa shape index (κ2) is 14.2. The molecule has 5 rings (SSSR count). The van der Waals surface area contributed by atoms with Gasteiger partial charge >= 0.3 is 0 Å². The number of amides is 4. The molecule has 3 saturated carbocycles. The van der Waals surface area contributed by atoms with Crippen molar-refractivity contribution in [3.05, 3.63) is 24.3 Å². The van der Waals surface area contributed by atoms with Gasteiger partial charge in [-0.3, -0.25) is 29.0 Å². The standard InChI is InChI=1S/C27H38N2O10/c30-22-1-2-23(31)28(22)5-7-34-9-11-36-13-15-38-20-26-17-27(18-26,19-26)21-39-16-14-37-12-10-35-8-6-29-24(32)3-4-25(29)33/h1-4H,5-21H2. The van der Waals surface area contributed by atoms with Gasteiger partial charge in [-0.2, -0.15) is 0 Å².